The van der Waals surface area contributed by atoms with Crippen molar-refractivity contribution in [3.63, 3.8) is 0 Å². The molecule has 9 heteroatoms. The van der Waals surface area contributed by atoms with E-state index >= 15 is 0 Å². The zero-order chi connectivity index (χ0) is 19.9. The average molecular weight is 511 g/mol. The highest BCUT2D eigenvalue weighted by Crippen LogP contribution is 2.20. The number of anilines is 2. The molecule has 0 aromatic heterocycles. The molecule has 1 saturated heterocycles. The SMILES string of the molecule is CN=C(NCC(=O)Nc1cccc(F)c1)NC1CC(=O)N(c2ccccc2)C1.I. The van der Waals surface area contributed by atoms with E-state index in [1.165, 1.54) is 18.2 Å². The topological polar surface area (TPSA) is 85.8 Å². The van der Waals surface area contributed by atoms with Crippen LogP contribution in [0.3, 0.4) is 0 Å². The molecule has 29 heavy (non-hydrogen) atoms. The first-order chi connectivity index (χ1) is 13.5. The molecule has 3 rings (SSSR count). The van der Waals surface area contributed by atoms with E-state index in [0.29, 0.717) is 24.6 Å². The summed E-state index contributed by atoms with van der Waals surface area (Å²) in [6.07, 6.45) is 0.338. The van der Waals surface area contributed by atoms with Crippen LogP contribution in [-0.2, 0) is 9.59 Å². The number of rotatable bonds is 5. The number of amides is 2. The molecule has 0 bridgehead atoms. The van der Waals surface area contributed by atoms with E-state index in [-0.39, 0.29) is 48.4 Å². The molecule has 2 amide bonds. The Morgan fingerprint density at radius 3 is 2.66 bits per heavy atom. The van der Waals surface area contributed by atoms with Gasteiger partial charge in [0.1, 0.15) is 5.82 Å². The van der Waals surface area contributed by atoms with Gasteiger partial charge in [-0.25, -0.2) is 4.39 Å². The van der Waals surface area contributed by atoms with Gasteiger partial charge in [0.05, 0.1) is 12.6 Å². The number of nitrogens with zero attached hydrogens (tertiary/aromatic N) is 2. The lowest BCUT2D eigenvalue weighted by Crippen LogP contribution is -2.46. The molecular formula is C20H23FIN5O2. The quantitative estimate of drug-likeness (QED) is 0.327. The number of nitrogens with one attached hydrogen (secondary N) is 3. The molecule has 2 aromatic carbocycles. The fourth-order valence-electron chi connectivity index (χ4n) is 2.99. The van der Waals surface area contributed by atoms with Gasteiger partial charge in [0.2, 0.25) is 11.8 Å². The summed E-state index contributed by atoms with van der Waals surface area (Å²) in [6, 6.07) is 15.0. The second kappa shape index (κ2) is 10.7. The summed E-state index contributed by atoms with van der Waals surface area (Å²) in [5, 5.41) is 8.67. The van der Waals surface area contributed by atoms with Crippen LogP contribution in [0.2, 0.25) is 0 Å². The lowest BCUT2D eigenvalue weighted by molar-refractivity contribution is -0.117. The van der Waals surface area contributed by atoms with Crippen molar-refractivity contribution < 1.29 is 14.0 Å². The van der Waals surface area contributed by atoms with Gasteiger partial charge in [0, 0.05) is 31.4 Å². The van der Waals surface area contributed by atoms with Crippen molar-refractivity contribution in [1.29, 1.82) is 0 Å². The first-order valence-electron chi connectivity index (χ1n) is 8.93. The van der Waals surface area contributed by atoms with Gasteiger partial charge in [-0.15, -0.1) is 24.0 Å². The van der Waals surface area contributed by atoms with Crippen LogP contribution in [0.1, 0.15) is 6.42 Å². The summed E-state index contributed by atoms with van der Waals surface area (Å²) in [4.78, 5) is 30.1. The normalized spacial score (nSPS) is 16.2. The Labute approximate surface area is 185 Å². The maximum atomic E-state index is 13.2. The Balaban J connectivity index is 0.00000300. The molecule has 7 nitrogen and oxygen atoms in total. The number of para-hydroxylation sites is 1. The number of guanidine groups is 1. The number of aliphatic imine (C=N–C) groups is 1. The summed E-state index contributed by atoms with van der Waals surface area (Å²) in [7, 11) is 1.59. The minimum absolute atomic E-state index is 0. The van der Waals surface area contributed by atoms with Crippen LogP contribution in [-0.4, -0.2) is 44.0 Å². The highest BCUT2D eigenvalue weighted by Gasteiger charge is 2.31. The van der Waals surface area contributed by atoms with Crippen LogP contribution in [0.4, 0.5) is 15.8 Å². The lowest BCUT2D eigenvalue weighted by Gasteiger charge is -2.19. The predicted molar refractivity (Wildman–Crippen MR) is 122 cm³/mol. The van der Waals surface area contributed by atoms with Crippen molar-refractivity contribution in [2.24, 2.45) is 4.99 Å². The van der Waals surface area contributed by atoms with Crippen molar-refractivity contribution in [2.75, 3.05) is 30.4 Å². The zero-order valence-electron chi connectivity index (χ0n) is 15.9. The molecule has 0 radical (unpaired) electrons. The first kappa shape index (κ1) is 22.6. The third kappa shape index (κ3) is 6.41. The molecule has 1 fully saturated rings. The highest BCUT2D eigenvalue weighted by molar-refractivity contribution is 14.0. The second-order valence-corrected chi connectivity index (χ2v) is 6.37. The number of hydrogen-bond acceptors (Lipinski definition) is 3. The Kier molecular flexibility index (Phi) is 8.37. The summed E-state index contributed by atoms with van der Waals surface area (Å²) < 4.78 is 13.2. The third-order valence-electron chi connectivity index (χ3n) is 4.28. The van der Waals surface area contributed by atoms with E-state index in [0.717, 1.165) is 5.69 Å². The third-order valence-corrected chi connectivity index (χ3v) is 4.28. The van der Waals surface area contributed by atoms with Gasteiger partial charge in [-0.2, -0.15) is 0 Å². The standard InChI is InChI=1S/C20H22FN5O2.HI/c1-22-20(23-12-18(27)24-15-7-5-6-14(21)10-15)25-16-11-19(28)26(13-16)17-8-3-2-4-9-17;/h2-10,16H,11-13H2,1H3,(H,24,27)(H2,22,23,25);1H. The number of carbonyl (C=O) groups excluding carboxylic acids is 2. The van der Waals surface area contributed by atoms with Crippen molar-refractivity contribution in [3.8, 4) is 0 Å². The summed E-state index contributed by atoms with van der Waals surface area (Å²) >= 11 is 0. The Bertz CT molecular complexity index is 878. The van der Waals surface area contributed by atoms with Gasteiger partial charge in [-0.3, -0.25) is 14.6 Å². The molecule has 0 aliphatic carbocycles. The maximum absolute atomic E-state index is 13.2. The fourth-order valence-corrected chi connectivity index (χ4v) is 2.99. The number of hydrogen-bond donors (Lipinski definition) is 3. The van der Waals surface area contributed by atoms with Crippen molar-refractivity contribution in [2.45, 2.75) is 12.5 Å². The van der Waals surface area contributed by atoms with Gasteiger partial charge in [0.15, 0.2) is 5.96 Å². The van der Waals surface area contributed by atoms with Gasteiger partial charge in [0.25, 0.3) is 0 Å². The minimum atomic E-state index is -0.419. The smallest absolute Gasteiger partial charge is 0.243 e. The van der Waals surface area contributed by atoms with E-state index < -0.39 is 5.82 Å². The zero-order valence-corrected chi connectivity index (χ0v) is 18.2. The van der Waals surface area contributed by atoms with Crippen LogP contribution in [0.15, 0.2) is 59.6 Å². The predicted octanol–water partition coefficient (Wildman–Crippen LogP) is 2.35. The van der Waals surface area contributed by atoms with Crippen LogP contribution in [0.5, 0.6) is 0 Å². The molecule has 1 heterocycles. The molecule has 1 aliphatic rings. The van der Waals surface area contributed by atoms with Crippen LogP contribution in [0.25, 0.3) is 0 Å². The second-order valence-electron chi connectivity index (χ2n) is 6.37. The van der Waals surface area contributed by atoms with E-state index in [2.05, 4.69) is 20.9 Å². The Morgan fingerprint density at radius 1 is 1.21 bits per heavy atom. The van der Waals surface area contributed by atoms with Crippen LogP contribution in [0, 0.1) is 5.82 Å². The summed E-state index contributed by atoms with van der Waals surface area (Å²) in [5.41, 5.74) is 1.24. The van der Waals surface area contributed by atoms with Crippen LogP contribution < -0.4 is 20.9 Å². The van der Waals surface area contributed by atoms with Crippen molar-refractivity contribution in [3.05, 3.63) is 60.4 Å². The molecule has 1 unspecified atom stereocenters. The highest BCUT2D eigenvalue weighted by atomic mass is 127. The van der Waals surface area contributed by atoms with Gasteiger partial charge < -0.3 is 20.9 Å². The van der Waals surface area contributed by atoms with Crippen molar-refractivity contribution >= 4 is 53.1 Å². The van der Waals surface area contributed by atoms with E-state index in [4.69, 9.17) is 0 Å². The molecule has 0 saturated carbocycles. The van der Waals surface area contributed by atoms with E-state index in [1.807, 2.05) is 30.3 Å². The molecule has 0 spiro atoms. The molecule has 2 aromatic rings. The van der Waals surface area contributed by atoms with E-state index in [9.17, 15) is 14.0 Å². The largest absolute Gasteiger partial charge is 0.351 e. The molecule has 3 N–H and O–H groups in total. The molecule has 1 aliphatic heterocycles. The number of halogens is 2. The summed E-state index contributed by atoms with van der Waals surface area (Å²) in [6.45, 7) is 0.471. The Hall–Kier alpha value is -2.69. The fraction of sp³-hybridized carbons (Fsp3) is 0.250. The van der Waals surface area contributed by atoms with Gasteiger partial charge in [-0.05, 0) is 30.3 Å². The average Bonchev–Trinajstić information content (AvgIpc) is 3.06. The first-order valence-corrected chi connectivity index (χ1v) is 8.93. The number of benzene rings is 2. The van der Waals surface area contributed by atoms with Gasteiger partial charge >= 0.3 is 0 Å². The van der Waals surface area contributed by atoms with Crippen LogP contribution >= 0.6 is 24.0 Å². The minimum Gasteiger partial charge on any atom is -0.351 e. The number of carbonyl (C=O) groups is 2. The molecule has 154 valence electrons. The Morgan fingerprint density at radius 2 is 1.97 bits per heavy atom. The molecular weight excluding hydrogens is 488 g/mol. The van der Waals surface area contributed by atoms with Crippen molar-refractivity contribution in [1.82, 2.24) is 10.6 Å². The lowest BCUT2D eigenvalue weighted by atomic mass is 10.2. The molecule has 1 atom stereocenters. The monoisotopic (exact) mass is 511 g/mol. The van der Waals surface area contributed by atoms with E-state index in [1.54, 1.807) is 18.0 Å². The van der Waals surface area contributed by atoms with Gasteiger partial charge in [-0.1, -0.05) is 24.3 Å². The summed E-state index contributed by atoms with van der Waals surface area (Å²) in [5.74, 6) is -0.302. The maximum Gasteiger partial charge on any atom is 0.243 e.